The van der Waals surface area contributed by atoms with Crippen LogP contribution in [-0.2, 0) is 0 Å². The number of hydrogen-bond acceptors (Lipinski definition) is 6. The van der Waals surface area contributed by atoms with Crippen LogP contribution in [0.2, 0.25) is 0 Å². The summed E-state index contributed by atoms with van der Waals surface area (Å²) in [7, 11) is 1.52. The number of aromatic amines is 1. The Bertz CT molecular complexity index is 1160. The summed E-state index contributed by atoms with van der Waals surface area (Å²) < 4.78 is 6.76. The van der Waals surface area contributed by atoms with E-state index in [0.29, 0.717) is 17.1 Å². The molecule has 1 aromatic heterocycles. The summed E-state index contributed by atoms with van der Waals surface area (Å²) in [6, 6.07) is 14.8. The number of nitrogens with one attached hydrogen (secondary N) is 1. The fraction of sp³-hybridized carbons (Fsp3) is 0.227. The van der Waals surface area contributed by atoms with Crippen LogP contribution in [0, 0.1) is 4.77 Å². The fourth-order valence-electron chi connectivity index (χ4n) is 3.17. The Hall–Kier alpha value is -3.39. The van der Waals surface area contributed by atoms with Crippen LogP contribution in [0.1, 0.15) is 19.4 Å². The third-order valence-corrected chi connectivity index (χ3v) is 5.05. The van der Waals surface area contributed by atoms with Crippen LogP contribution in [0.5, 0.6) is 11.6 Å². The number of hydrogen-bond donors (Lipinski definition) is 2. The summed E-state index contributed by atoms with van der Waals surface area (Å²) in [6.45, 7) is 6.03. The normalized spacial score (nSPS) is 11.0. The van der Waals surface area contributed by atoms with Crippen molar-refractivity contribution in [2.75, 3.05) is 25.1 Å². The van der Waals surface area contributed by atoms with Gasteiger partial charge in [-0.1, -0.05) is 12.1 Å². The monoisotopic (exact) mass is 424 g/mol. The number of benzene rings is 2. The predicted octanol–water partition coefficient (Wildman–Crippen LogP) is 4.21. The van der Waals surface area contributed by atoms with Crippen molar-refractivity contribution in [1.29, 1.82) is 0 Å². The molecule has 0 atom stereocenters. The second-order valence-electron chi connectivity index (χ2n) is 6.45. The summed E-state index contributed by atoms with van der Waals surface area (Å²) in [5.74, 6) is 0.197. The van der Waals surface area contributed by atoms with Gasteiger partial charge in [0.1, 0.15) is 11.3 Å². The van der Waals surface area contributed by atoms with Crippen LogP contribution in [-0.4, -0.2) is 41.1 Å². The average molecular weight is 425 g/mol. The zero-order chi connectivity index (χ0) is 21.7. The minimum Gasteiger partial charge on any atom is -0.495 e. The number of aliphatic imine (C=N–C) groups is 1. The molecule has 0 saturated carbocycles. The van der Waals surface area contributed by atoms with Gasteiger partial charge in [-0.15, -0.1) is 0 Å². The lowest BCUT2D eigenvalue weighted by Gasteiger charge is -2.20. The standard InChI is InChI=1S/C22H24N4O3S/c1-4-25(5-2)16-12-10-15(11-13-16)23-14-17-20(27)24-22(30)26(21(17)28)18-8-6-7-9-19(18)29-3/h6-14,28H,4-5H2,1-3H3,(H,24,27,30). The van der Waals surface area contributed by atoms with Crippen molar-refractivity contribution in [3.63, 3.8) is 0 Å². The Balaban J connectivity index is 2.01. The lowest BCUT2D eigenvalue weighted by Crippen LogP contribution is -2.21. The van der Waals surface area contributed by atoms with Gasteiger partial charge in [0.2, 0.25) is 5.88 Å². The Kier molecular flexibility index (Phi) is 6.68. The van der Waals surface area contributed by atoms with Crippen molar-refractivity contribution < 1.29 is 9.84 Å². The molecule has 0 bridgehead atoms. The molecule has 0 aliphatic rings. The van der Waals surface area contributed by atoms with Gasteiger partial charge < -0.3 is 14.7 Å². The van der Waals surface area contributed by atoms with E-state index in [2.05, 4.69) is 28.7 Å². The molecule has 0 unspecified atom stereocenters. The van der Waals surface area contributed by atoms with Gasteiger partial charge in [0.15, 0.2) is 4.77 Å². The highest BCUT2D eigenvalue weighted by Crippen LogP contribution is 2.27. The Morgan fingerprint density at radius 2 is 1.83 bits per heavy atom. The van der Waals surface area contributed by atoms with E-state index in [1.54, 1.807) is 24.3 Å². The predicted molar refractivity (Wildman–Crippen MR) is 123 cm³/mol. The second kappa shape index (κ2) is 9.41. The molecule has 30 heavy (non-hydrogen) atoms. The van der Waals surface area contributed by atoms with E-state index in [-0.39, 0.29) is 16.2 Å². The molecule has 2 aromatic carbocycles. The maximum atomic E-state index is 12.4. The van der Waals surface area contributed by atoms with E-state index in [1.807, 2.05) is 24.3 Å². The van der Waals surface area contributed by atoms with Crippen LogP contribution < -0.4 is 15.2 Å². The van der Waals surface area contributed by atoms with E-state index < -0.39 is 5.56 Å². The van der Waals surface area contributed by atoms with Gasteiger partial charge in [-0.2, -0.15) is 0 Å². The number of aromatic hydroxyl groups is 1. The van der Waals surface area contributed by atoms with Crippen molar-refractivity contribution >= 4 is 29.8 Å². The van der Waals surface area contributed by atoms with E-state index >= 15 is 0 Å². The van der Waals surface area contributed by atoms with Crippen molar-refractivity contribution in [1.82, 2.24) is 9.55 Å². The van der Waals surface area contributed by atoms with E-state index in [0.717, 1.165) is 18.8 Å². The molecule has 3 rings (SSSR count). The maximum absolute atomic E-state index is 12.4. The van der Waals surface area contributed by atoms with Crippen LogP contribution >= 0.6 is 12.2 Å². The summed E-state index contributed by atoms with van der Waals surface area (Å²) in [5, 5.41) is 10.8. The van der Waals surface area contributed by atoms with E-state index in [4.69, 9.17) is 17.0 Å². The van der Waals surface area contributed by atoms with Gasteiger partial charge in [0, 0.05) is 25.0 Å². The van der Waals surface area contributed by atoms with Gasteiger partial charge in [-0.3, -0.25) is 19.3 Å². The van der Waals surface area contributed by atoms with Crippen molar-refractivity contribution in [2.45, 2.75) is 13.8 Å². The average Bonchev–Trinajstić information content (AvgIpc) is 2.75. The molecule has 0 fully saturated rings. The number of nitrogens with zero attached hydrogens (tertiary/aromatic N) is 3. The first-order valence-electron chi connectivity index (χ1n) is 9.60. The summed E-state index contributed by atoms with van der Waals surface area (Å²) in [4.78, 5) is 21.6. The van der Waals surface area contributed by atoms with Gasteiger partial charge in [-0.05, 0) is 62.5 Å². The Morgan fingerprint density at radius 3 is 2.47 bits per heavy atom. The van der Waals surface area contributed by atoms with E-state index in [9.17, 15) is 9.90 Å². The molecule has 0 radical (unpaired) electrons. The number of ether oxygens (including phenoxy) is 1. The molecule has 0 spiro atoms. The van der Waals surface area contributed by atoms with Crippen molar-refractivity contribution in [3.8, 4) is 17.3 Å². The SMILES string of the molecule is CCN(CC)c1ccc(N=Cc2c(O)n(-c3ccccc3OC)c(=S)[nH]c2=O)cc1. The third kappa shape index (κ3) is 4.28. The highest BCUT2D eigenvalue weighted by Gasteiger charge is 2.15. The van der Waals surface area contributed by atoms with Crippen LogP contribution in [0.3, 0.4) is 0 Å². The first kappa shape index (κ1) is 21.3. The van der Waals surface area contributed by atoms with Gasteiger partial charge in [0.05, 0.1) is 18.5 Å². The quantitative estimate of drug-likeness (QED) is 0.439. The first-order valence-corrected chi connectivity index (χ1v) is 10.0. The summed E-state index contributed by atoms with van der Waals surface area (Å²) in [6.07, 6.45) is 1.33. The first-order chi connectivity index (χ1) is 14.5. The van der Waals surface area contributed by atoms with Crippen LogP contribution in [0.4, 0.5) is 11.4 Å². The number of anilines is 1. The van der Waals surface area contributed by atoms with E-state index in [1.165, 1.54) is 17.9 Å². The zero-order valence-corrected chi connectivity index (χ0v) is 17.9. The molecule has 3 aromatic rings. The van der Waals surface area contributed by atoms with Gasteiger partial charge in [-0.25, -0.2) is 0 Å². The molecule has 156 valence electrons. The molecule has 0 aliphatic heterocycles. The summed E-state index contributed by atoms with van der Waals surface area (Å²) in [5.41, 5.74) is 1.76. The molecular formula is C22H24N4O3S. The number of methoxy groups -OCH3 is 1. The number of aromatic nitrogens is 2. The van der Waals surface area contributed by atoms with Crippen molar-refractivity contribution in [3.05, 3.63) is 69.2 Å². The Labute approximate surface area is 179 Å². The van der Waals surface area contributed by atoms with Crippen LogP contribution in [0.25, 0.3) is 5.69 Å². The molecule has 0 aliphatic carbocycles. The highest BCUT2D eigenvalue weighted by atomic mass is 32.1. The molecule has 0 saturated heterocycles. The highest BCUT2D eigenvalue weighted by molar-refractivity contribution is 7.71. The van der Waals surface area contributed by atoms with Gasteiger partial charge in [0.25, 0.3) is 5.56 Å². The van der Waals surface area contributed by atoms with Crippen LogP contribution in [0.15, 0.2) is 58.3 Å². The molecule has 0 amide bonds. The lowest BCUT2D eigenvalue weighted by atomic mass is 10.2. The largest absolute Gasteiger partial charge is 0.495 e. The minimum absolute atomic E-state index is 0.00215. The minimum atomic E-state index is -0.521. The summed E-state index contributed by atoms with van der Waals surface area (Å²) >= 11 is 5.26. The molecule has 2 N–H and O–H groups in total. The number of para-hydroxylation sites is 2. The zero-order valence-electron chi connectivity index (χ0n) is 17.1. The molecular weight excluding hydrogens is 400 g/mol. The number of H-pyrrole nitrogens is 1. The smallest absolute Gasteiger partial charge is 0.264 e. The fourth-order valence-corrected chi connectivity index (χ4v) is 3.45. The molecule has 7 nitrogen and oxygen atoms in total. The third-order valence-electron chi connectivity index (χ3n) is 4.77. The lowest BCUT2D eigenvalue weighted by molar-refractivity contribution is 0.402. The number of rotatable bonds is 7. The maximum Gasteiger partial charge on any atom is 0.264 e. The molecule has 1 heterocycles. The van der Waals surface area contributed by atoms with Crippen molar-refractivity contribution in [2.24, 2.45) is 4.99 Å². The molecule has 8 heteroatoms. The second-order valence-corrected chi connectivity index (χ2v) is 6.84. The Morgan fingerprint density at radius 1 is 1.17 bits per heavy atom. The topological polar surface area (TPSA) is 82.8 Å². The van der Waals surface area contributed by atoms with Gasteiger partial charge >= 0.3 is 0 Å².